The summed E-state index contributed by atoms with van der Waals surface area (Å²) in [7, 11) is 6.64. The fourth-order valence-corrected chi connectivity index (χ4v) is 4.80. The second-order valence-electron chi connectivity index (χ2n) is 7.28. The third kappa shape index (κ3) is 2.89. The molecule has 118 valence electrons. The summed E-state index contributed by atoms with van der Waals surface area (Å²) in [5.74, 6) is 0. The number of rotatable bonds is 6. The van der Waals surface area contributed by atoms with Gasteiger partial charge in [-0.25, -0.2) is 0 Å². The maximum atomic E-state index is 6.31. The van der Waals surface area contributed by atoms with E-state index in [0.717, 1.165) is 31.7 Å². The zero-order valence-corrected chi connectivity index (χ0v) is 14.1. The van der Waals surface area contributed by atoms with Gasteiger partial charge < -0.3 is 15.5 Å². The average Bonchev–Trinajstić information content (AvgIpc) is 2.63. The number of hydrogen-bond donors (Lipinski definition) is 1. The summed E-state index contributed by atoms with van der Waals surface area (Å²) in [6.45, 7) is 7.68. The zero-order chi connectivity index (χ0) is 14.9. The van der Waals surface area contributed by atoms with Crippen molar-refractivity contribution < 1.29 is 0 Å². The van der Waals surface area contributed by atoms with Crippen molar-refractivity contribution in [2.75, 3.05) is 40.8 Å². The van der Waals surface area contributed by atoms with Crippen molar-refractivity contribution in [3.63, 3.8) is 0 Å². The van der Waals surface area contributed by atoms with Crippen LogP contribution in [-0.2, 0) is 0 Å². The molecule has 2 aliphatic heterocycles. The Labute approximate surface area is 125 Å². The number of nitrogens with zero attached hydrogens (tertiary/aromatic N) is 3. The summed E-state index contributed by atoms with van der Waals surface area (Å²) in [4.78, 5) is 7.60. The van der Waals surface area contributed by atoms with Crippen molar-refractivity contribution in [3.8, 4) is 0 Å². The van der Waals surface area contributed by atoms with E-state index in [9.17, 15) is 0 Å². The molecule has 2 bridgehead atoms. The van der Waals surface area contributed by atoms with Crippen LogP contribution in [0.4, 0.5) is 0 Å². The maximum absolute atomic E-state index is 6.31. The third-order valence-corrected chi connectivity index (χ3v) is 5.71. The van der Waals surface area contributed by atoms with Gasteiger partial charge in [-0.2, -0.15) is 0 Å². The number of fused-ring (bicyclic) bond motifs is 2. The molecule has 2 N–H and O–H groups in total. The Balaban J connectivity index is 2.16. The Hall–Kier alpha value is -0.160. The predicted molar refractivity (Wildman–Crippen MR) is 86.0 cm³/mol. The molecule has 0 spiro atoms. The van der Waals surface area contributed by atoms with Crippen LogP contribution in [0.5, 0.6) is 0 Å². The van der Waals surface area contributed by atoms with Crippen molar-refractivity contribution >= 4 is 0 Å². The minimum atomic E-state index is 0.225. The second kappa shape index (κ2) is 6.30. The van der Waals surface area contributed by atoms with Gasteiger partial charge in [-0.3, -0.25) is 4.90 Å². The van der Waals surface area contributed by atoms with E-state index in [1.807, 2.05) is 0 Å². The number of likely N-dealkylation sites (N-methyl/N-ethyl adjacent to an activating group) is 2. The lowest BCUT2D eigenvalue weighted by Crippen LogP contribution is -2.64. The van der Waals surface area contributed by atoms with Crippen molar-refractivity contribution in [1.29, 1.82) is 0 Å². The molecule has 0 aliphatic carbocycles. The molecule has 2 rings (SSSR count). The Bertz CT molecular complexity index is 304. The van der Waals surface area contributed by atoms with Crippen LogP contribution < -0.4 is 5.73 Å². The first-order chi connectivity index (χ1) is 9.43. The van der Waals surface area contributed by atoms with Crippen LogP contribution in [0.15, 0.2) is 0 Å². The molecule has 0 aromatic carbocycles. The standard InChI is InChI=1S/C16H34N4/c1-6-20(13(2)11-18(3)4)16(12-17)9-14-7-8-15(10-16)19(14)5/h13-15H,6-12,17H2,1-5H3. The number of hydrogen-bond acceptors (Lipinski definition) is 4. The predicted octanol–water partition coefficient (Wildman–Crippen LogP) is 1.21. The summed E-state index contributed by atoms with van der Waals surface area (Å²) < 4.78 is 0. The monoisotopic (exact) mass is 282 g/mol. The molecule has 3 unspecified atom stereocenters. The third-order valence-electron chi connectivity index (χ3n) is 5.71. The first kappa shape index (κ1) is 16.2. The van der Waals surface area contributed by atoms with Crippen LogP contribution in [0.2, 0.25) is 0 Å². The highest BCUT2D eigenvalue weighted by Crippen LogP contribution is 2.42. The van der Waals surface area contributed by atoms with Gasteiger partial charge in [-0.15, -0.1) is 0 Å². The maximum Gasteiger partial charge on any atom is 0.0364 e. The van der Waals surface area contributed by atoms with E-state index in [-0.39, 0.29) is 5.54 Å². The van der Waals surface area contributed by atoms with Gasteiger partial charge in [0.15, 0.2) is 0 Å². The first-order valence-corrected chi connectivity index (χ1v) is 8.27. The van der Waals surface area contributed by atoms with E-state index in [2.05, 4.69) is 49.7 Å². The molecule has 2 heterocycles. The molecule has 2 saturated heterocycles. The Kier molecular flexibility index (Phi) is 5.11. The van der Waals surface area contributed by atoms with E-state index >= 15 is 0 Å². The molecule has 0 aromatic heterocycles. The van der Waals surface area contributed by atoms with Crippen molar-refractivity contribution in [2.45, 2.75) is 63.2 Å². The van der Waals surface area contributed by atoms with Crippen LogP contribution in [0.1, 0.15) is 39.5 Å². The minimum absolute atomic E-state index is 0.225. The SMILES string of the molecule is CCN(C(C)CN(C)C)C1(CN)CC2CCC(C1)N2C. The quantitative estimate of drug-likeness (QED) is 0.794. The highest BCUT2D eigenvalue weighted by molar-refractivity contribution is 5.07. The molecule has 0 aromatic rings. The van der Waals surface area contributed by atoms with Crippen molar-refractivity contribution in [3.05, 3.63) is 0 Å². The van der Waals surface area contributed by atoms with Crippen LogP contribution in [0.25, 0.3) is 0 Å². The summed E-state index contributed by atoms with van der Waals surface area (Å²) in [5.41, 5.74) is 6.53. The molecule has 0 radical (unpaired) electrons. The van der Waals surface area contributed by atoms with Gasteiger partial charge in [-0.05, 0) is 60.3 Å². The Morgan fingerprint density at radius 2 is 1.80 bits per heavy atom. The van der Waals surface area contributed by atoms with Crippen LogP contribution in [0, 0.1) is 0 Å². The molecule has 4 heteroatoms. The van der Waals surface area contributed by atoms with Gasteiger partial charge >= 0.3 is 0 Å². The minimum Gasteiger partial charge on any atom is -0.329 e. The molecule has 2 fully saturated rings. The topological polar surface area (TPSA) is 35.7 Å². The Morgan fingerprint density at radius 1 is 1.25 bits per heavy atom. The second-order valence-corrected chi connectivity index (χ2v) is 7.28. The van der Waals surface area contributed by atoms with E-state index in [1.165, 1.54) is 25.7 Å². The molecule has 0 amide bonds. The number of piperidine rings is 1. The van der Waals surface area contributed by atoms with Crippen molar-refractivity contribution in [1.82, 2.24) is 14.7 Å². The largest absolute Gasteiger partial charge is 0.329 e. The van der Waals surface area contributed by atoms with E-state index in [0.29, 0.717) is 6.04 Å². The van der Waals surface area contributed by atoms with Crippen LogP contribution >= 0.6 is 0 Å². The van der Waals surface area contributed by atoms with Gasteiger partial charge in [0.2, 0.25) is 0 Å². The molecule has 4 nitrogen and oxygen atoms in total. The molecule has 0 saturated carbocycles. The molecular formula is C16H34N4. The van der Waals surface area contributed by atoms with Gasteiger partial charge in [-0.1, -0.05) is 6.92 Å². The fourth-order valence-electron chi connectivity index (χ4n) is 4.80. The molecular weight excluding hydrogens is 248 g/mol. The van der Waals surface area contributed by atoms with Crippen LogP contribution in [-0.4, -0.2) is 79.1 Å². The average molecular weight is 282 g/mol. The fraction of sp³-hybridized carbons (Fsp3) is 1.00. The van der Waals surface area contributed by atoms with E-state index in [1.54, 1.807) is 0 Å². The lowest BCUT2D eigenvalue weighted by atomic mass is 9.80. The van der Waals surface area contributed by atoms with Gasteiger partial charge in [0.05, 0.1) is 0 Å². The van der Waals surface area contributed by atoms with Gasteiger partial charge in [0.25, 0.3) is 0 Å². The van der Waals surface area contributed by atoms with Crippen LogP contribution in [0.3, 0.4) is 0 Å². The summed E-state index contributed by atoms with van der Waals surface area (Å²) in [6.07, 6.45) is 5.23. The lowest BCUT2D eigenvalue weighted by Gasteiger charge is -2.53. The molecule has 2 aliphatic rings. The highest BCUT2D eigenvalue weighted by atomic mass is 15.3. The Morgan fingerprint density at radius 3 is 2.20 bits per heavy atom. The summed E-state index contributed by atoms with van der Waals surface area (Å²) in [6, 6.07) is 2.07. The number of nitrogens with two attached hydrogens (primary N) is 1. The van der Waals surface area contributed by atoms with Gasteiger partial charge in [0, 0.05) is 36.8 Å². The van der Waals surface area contributed by atoms with Gasteiger partial charge in [0.1, 0.15) is 0 Å². The summed E-state index contributed by atoms with van der Waals surface area (Å²) >= 11 is 0. The highest BCUT2D eigenvalue weighted by Gasteiger charge is 2.49. The normalized spacial score (nSPS) is 36.0. The van der Waals surface area contributed by atoms with Crippen molar-refractivity contribution in [2.24, 2.45) is 5.73 Å². The molecule has 3 atom stereocenters. The lowest BCUT2D eigenvalue weighted by molar-refractivity contribution is -0.0221. The summed E-state index contributed by atoms with van der Waals surface area (Å²) in [5, 5.41) is 0. The molecule has 20 heavy (non-hydrogen) atoms. The first-order valence-electron chi connectivity index (χ1n) is 8.27. The van der Waals surface area contributed by atoms with E-state index < -0.39 is 0 Å². The smallest absolute Gasteiger partial charge is 0.0364 e. The van der Waals surface area contributed by atoms with E-state index in [4.69, 9.17) is 5.73 Å². The zero-order valence-electron chi connectivity index (χ0n) is 14.1.